The van der Waals surface area contributed by atoms with Crippen LogP contribution in [0.4, 0.5) is 24.0 Å². The molecule has 0 spiro atoms. The molecular weight excluding hydrogens is 425 g/mol. The van der Waals surface area contributed by atoms with Gasteiger partial charge < -0.3 is 16.4 Å². The van der Waals surface area contributed by atoms with Crippen LogP contribution in [0, 0.1) is 5.92 Å². The van der Waals surface area contributed by atoms with Crippen LogP contribution >= 0.6 is 11.3 Å². The van der Waals surface area contributed by atoms with Gasteiger partial charge in [-0.05, 0) is 42.5 Å². The van der Waals surface area contributed by atoms with Gasteiger partial charge in [0, 0.05) is 30.9 Å². The van der Waals surface area contributed by atoms with Gasteiger partial charge in [-0.25, -0.2) is 4.98 Å². The molecule has 1 aliphatic heterocycles. The lowest BCUT2D eigenvalue weighted by atomic mass is 9.93. The highest BCUT2D eigenvalue weighted by Crippen LogP contribution is 2.34. The number of allylic oxidation sites excluding steroid dienone is 3. The highest BCUT2D eigenvalue weighted by Gasteiger charge is 2.37. The van der Waals surface area contributed by atoms with Crippen LogP contribution in [-0.2, 0) is 11.2 Å². The van der Waals surface area contributed by atoms with Crippen LogP contribution in [0.15, 0.2) is 48.2 Å². The van der Waals surface area contributed by atoms with Crippen molar-refractivity contribution in [2.75, 3.05) is 17.2 Å². The minimum absolute atomic E-state index is 0.0320. The number of nitrogens with two attached hydrogens (primary N) is 1. The Hall–Kier alpha value is -2.65. The third-order valence-corrected chi connectivity index (χ3v) is 6.41. The predicted molar refractivity (Wildman–Crippen MR) is 117 cm³/mol. The molecule has 2 aliphatic rings. The van der Waals surface area contributed by atoms with E-state index < -0.39 is 12.1 Å². The van der Waals surface area contributed by atoms with Gasteiger partial charge in [-0.15, -0.1) is 0 Å². The van der Waals surface area contributed by atoms with Crippen molar-refractivity contribution in [2.45, 2.75) is 37.9 Å². The van der Waals surface area contributed by atoms with E-state index in [1.54, 1.807) is 12.3 Å². The summed E-state index contributed by atoms with van der Waals surface area (Å²) in [6, 6.07) is 5.72. The number of nitrogens with one attached hydrogen (secondary N) is 2. The lowest BCUT2D eigenvalue weighted by Crippen LogP contribution is -2.30. The predicted octanol–water partition coefficient (Wildman–Crippen LogP) is 4.89. The van der Waals surface area contributed by atoms with E-state index in [0.717, 1.165) is 38.8 Å². The first kappa shape index (κ1) is 21.6. The van der Waals surface area contributed by atoms with Gasteiger partial charge in [0.1, 0.15) is 0 Å². The molecule has 2 atom stereocenters. The first-order valence-corrected chi connectivity index (χ1v) is 10.9. The number of hydrogen-bond donors (Lipinski definition) is 3. The Kier molecular flexibility index (Phi) is 6.15. The number of anilines is 2. The molecule has 0 bridgehead atoms. The van der Waals surface area contributed by atoms with Crippen molar-refractivity contribution in [2.24, 2.45) is 11.7 Å². The van der Waals surface area contributed by atoms with Crippen LogP contribution < -0.4 is 16.4 Å². The number of thiazole rings is 1. The van der Waals surface area contributed by atoms with Crippen molar-refractivity contribution in [1.82, 2.24) is 4.98 Å². The zero-order valence-electron chi connectivity index (χ0n) is 16.7. The average molecular weight is 449 g/mol. The summed E-state index contributed by atoms with van der Waals surface area (Å²) >= 11 is 1.51. The van der Waals surface area contributed by atoms with E-state index in [-0.39, 0.29) is 18.4 Å². The molecule has 31 heavy (non-hydrogen) atoms. The summed E-state index contributed by atoms with van der Waals surface area (Å²) in [4.78, 5) is 16.9. The maximum atomic E-state index is 12.7. The molecule has 1 aromatic carbocycles. The standard InChI is InChI=1S/C22H23F3N4OS/c23-22(24,25)16-5-1-13(2-6-16)9-17(26)11-27-21-28-12-19(31-21)15-3-7-18-14(10-15)4-8-20(30)29-18/h1-3,5,7,10,12,16-17H,4,6,8-9,11,26H2,(H,27,28)(H,29,30)/t16?,17-/m0/s1. The van der Waals surface area contributed by atoms with Crippen molar-refractivity contribution in [3.8, 4) is 10.4 Å². The van der Waals surface area contributed by atoms with E-state index in [0.29, 0.717) is 19.4 Å². The average Bonchev–Trinajstić information content (AvgIpc) is 3.21. The minimum atomic E-state index is -4.20. The van der Waals surface area contributed by atoms with Gasteiger partial charge in [0.05, 0.1) is 10.8 Å². The Morgan fingerprint density at radius 3 is 2.90 bits per heavy atom. The molecule has 1 amide bonds. The molecule has 1 unspecified atom stereocenters. The number of carbonyl (C=O) groups is 1. The fraction of sp³-hybridized carbons (Fsp3) is 0.364. The quantitative estimate of drug-likeness (QED) is 0.588. The molecular formula is C22H23F3N4OS. The second kappa shape index (κ2) is 8.84. The molecule has 4 rings (SSSR count). The molecule has 0 radical (unpaired) electrons. The maximum Gasteiger partial charge on any atom is 0.395 e. The van der Waals surface area contributed by atoms with Gasteiger partial charge in [-0.3, -0.25) is 4.79 Å². The molecule has 1 aromatic heterocycles. The number of aromatic nitrogens is 1. The van der Waals surface area contributed by atoms with Crippen LogP contribution in [0.25, 0.3) is 10.4 Å². The Balaban J connectivity index is 1.30. The SMILES string of the molecule is N[C@H](CNc1ncc(-c2ccc3c(c2)CCC(=O)N3)s1)CC1=CCC(C(F)(F)F)C=C1. The summed E-state index contributed by atoms with van der Waals surface area (Å²) in [5.41, 5.74) is 10.0. The number of alkyl halides is 3. The first-order valence-electron chi connectivity index (χ1n) is 10.1. The molecule has 2 aromatic rings. The highest BCUT2D eigenvalue weighted by atomic mass is 32.1. The van der Waals surface area contributed by atoms with Crippen molar-refractivity contribution in [3.05, 3.63) is 53.8 Å². The minimum Gasteiger partial charge on any atom is -0.360 e. The van der Waals surface area contributed by atoms with E-state index in [2.05, 4.69) is 21.7 Å². The smallest absolute Gasteiger partial charge is 0.360 e. The lowest BCUT2D eigenvalue weighted by molar-refractivity contribution is -0.160. The van der Waals surface area contributed by atoms with Crippen LogP contribution in [-0.4, -0.2) is 29.7 Å². The van der Waals surface area contributed by atoms with Crippen molar-refractivity contribution < 1.29 is 18.0 Å². The summed E-state index contributed by atoms with van der Waals surface area (Å²) in [5.74, 6) is -1.36. The van der Waals surface area contributed by atoms with Crippen LogP contribution in [0.1, 0.15) is 24.8 Å². The number of benzene rings is 1. The normalized spacial score (nSPS) is 19.4. The Bertz CT molecular complexity index is 1030. The lowest BCUT2D eigenvalue weighted by Gasteiger charge is -2.20. The summed E-state index contributed by atoms with van der Waals surface area (Å²) < 4.78 is 38.2. The number of hydrogen-bond acceptors (Lipinski definition) is 5. The molecule has 1 aliphatic carbocycles. The number of rotatable bonds is 6. The molecule has 9 heteroatoms. The Morgan fingerprint density at radius 2 is 2.16 bits per heavy atom. The topological polar surface area (TPSA) is 80.0 Å². The third-order valence-electron chi connectivity index (χ3n) is 5.40. The van der Waals surface area contributed by atoms with Gasteiger partial charge in [0.2, 0.25) is 5.91 Å². The number of fused-ring (bicyclic) bond motifs is 1. The molecule has 0 saturated heterocycles. The number of aryl methyl sites for hydroxylation is 1. The van der Waals surface area contributed by atoms with Gasteiger partial charge in [0.15, 0.2) is 5.13 Å². The van der Waals surface area contributed by atoms with Crippen LogP contribution in [0.3, 0.4) is 0 Å². The number of carbonyl (C=O) groups excluding carboxylic acids is 1. The number of halogens is 3. The van der Waals surface area contributed by atoms with Gasteiger partial charge in [-0.2, -0.15) is 13.2 Å². The van der Waals surface area contributed by atoms with Crippen molar-refractivity contribution in [1.29, 1.82) is 0 Å². The molecule has 0 fully saturated rings. The summed E-state index contributed by atoms with van der Waals surface area (Å²) in [5, 5.41) is 6.83. The molecule has 2 heterocycles. The molecule has 164 valence electrons. The second-order valence-corrected chi connectivity index (χ2v) is 8.85. The third kappa shape index (κ3) is 5.34. The van der Waals surface area contributed by atoms with E-state index >= 15 is 0 Å². The fourth-order valence-electron chi connectivity index (χ4n) is 3.68. The Labute approximate surface area is 182 Å². The maximum absolute atomic E-state index is 12.7. The van der Waals surface area contributed by atoms with E-state index in [9.17, 15) is 18.0 Å². The van der Waals surface area contributed by atoms with E-state index in [1.165, 1.54) is 23.5 Å². The molecule has 4 N–H and O–H groups in total. The number of amides is 1. The van der Waals surface area contributed by atoms with Crippen molar-refractivity contribution >= 4 is 28.1 Å². The van der Waals surface area contributed by atoms with Gasteiger partial charge in [-0.1, -0.05) is 41.2 Å². The van der Waals surface area contributed by atoms with Crippen LogP contribution in [0.5, 0.6) is 0 Å². The first-order chi connectivity index (χ1) is 14.8. The molecule has 0 saturated carbocycles. The highest BCUT2D eigenvalue weighted by molar-refractivity contribution is 7.18. The zero-order valence-corrected chi connectivity index (χ0v) is 17.5. The summed E-state index contributed by atoms with van der Waals surface area (Å²) in [7, 11) is 0. The summed E-state index contributed by atoms with van der Waals surface area (Å²) in [6.07, 6.45) is 3.65. The van der Waals surface area contributed by atoms with E-state index in [1.807, 2.05) is 12.1 Å². The monoisotopic (exact) mass is 448 g/mol. The fourth-order valence-corrected chi connectivity index (χ4v) is 4.50. The van der Waals surface area contributed by atoms with Crippen molar-refractivity contribution in [3.63, 3.8) is 0 Å². The van der Waals surface area contributed by atoms with Gasteiger partial charge in [0.25, 0.3) is 0 Å². The Morgan fingerprint density at radius 1 is 1.32 bits per heavy atom. The largest absolute Gasteiger partial charge is 0.395 e. The van der Waals surface area contributed by atoms with E-state index in [4.69, 9.17) is 5.73 Å². The summed E-state index contributed by atoms with van der Waals surface area (Å²) in [6.45, 7) is 0.469. The second-order valence-electron chi connectivity index (χ2n) is 7.82. The van der Waals surface area contributed by atoms with Crippen LogP contribution in [0.2, 0.25) is 0 Å². The zero-order chi connectivity index (χ0) is 22.0. The van der Waals surface area contributed by atoms with Gasteiger partial charge >= 0.3 is 6.18 Å². The number of nitrogens with zero attached hydrogens (tertiary/aromatic N) is 1. The molecule has 5 nitrogen and oxygen atoms in total.